The van der Waals surface area contributed by atoms with Gasteiger partial charge in [0.25, 0.3) is 0 Å². The number of nitriles is 1. The van der Waals surface area contributed by atoms with Crippen LogP contribution in [-0.2, 0) is 13.1 Å². The maximum atomic E-state index is 9.06. The van der Waals surface area contributed by atoms with Crippen LogP contribution in [0.1, 0.15) is 30.7 Å². The first kappa shape index (κ1) is 26.8. The molecule has 214 valence electrons. The van der Waals surface area contributed by atoms with Gasteiger partial charge in [0, 0.05) is 55.7 Å². The summed E-state index contributed by atoms with van der Waals surface area (Å²) in [5.74, 6) is 2.60. The number of nitrogens with one attached hydrogen (secondary N) is 1. The van der Waals surface area contributed by atoms with Crippen molar-refractivity contribution in [3.8, 4) is 45.7 Å². The van der Waals surface area contributed by atoms with Crippen molar-refractivity contribution in [2.24, 2.45) is 0 Å². The van der Waals surface area contributed by atoms with Gasteiger partial charge in [0.1, 0.15) is 23.5 Å². The standard InChI is InChI=1S/C34H32N8O/c35-21-31-37-16-12-30(39-31)38-27-13-18-41(19-14-27)23-24-7-9-25(10-8-24)32-33(26-5-2-1-3-6-26)42-17-4-20-43-29-22-36-15-11-28(29)34(42)40-32/h1-3,5-12,15-16,22,27H,4,13-14,17-20,23H2,(H,37,38,39). The van der Waals surface area contributed by atoms with E-state index in [9.17, 15) is 0 Å². The topological polar surface area (TPSA) is 105 Å². The van der Waals surface area contributed by atoms with E-state index < -0.39 is 0 Å². The molecule has 0 spiro atoms. The highest BCUT2D eigenvalue weighted by Gasteiger charge is 2.25. The fourth-order valence-electron chi connectivity index (χ4n) is 6.01. The molecule has 43 heavy (non-hydrogen) atoms. The van der Waals surface area contributed by atoms with Gasteiger partial charge in [-0.1, -0.05) is 54.6 Å². The Balaban J connectivity index is 1.11. The average molecular weight is 569 g/mol. The number of aromatic nitrogens is 5. The monoisotopic (exact) mass is 568 g/mol. The lowest BCUT2D eigenvalue weighted by molar-refractivity contribution is 0.211. The number of nitrogens with zero attached hydrogens (tertiary/aromatic N) is 7. The minimum absolute atomic E-state index is 0.194. The molecule has 2 aliphatic rings. The quantitative estimate of drug-likeness (QED) is 0.274. The van der Waals surface area contributed by atoms with Crippen LogP contribution in [-0.4, -0.2) is 55.1 Å². The molecule has 0 aliphatic carbocycles. The number of fused-ring (bicyclic) bond motifs is 3. The zero-order valence-corrected chi connectivity index (χ0v) is 23.9. The van der Waals surface area contributed by atoms with Gasteiger partial charge in [-0.25, -0.2) is 15.0 Å². The van der Waals surface area contributed by atoms with Crippen LogP contribution >= 0.6 is 0 Å². The second-order valence-electron chi connectivity index (χ2n) is 11.0. The number of anilines is 1. The van der Waals surface area contributed by atoms with Gasteiger partial charge < -0.3 is 14.6 Å². The Morgan fingerprint density at radius 3 is 2.56 bits per heavy atom. The molecule has 0 saturated carbocycles. The molecule has 0 unspecified atom stereocenters. The van der Waals surface area contributed by atoms with Crippen molar-refractivity contribution in [2.45, 2.75) is 38.4 Å². The van der Waals surface area contributed by atoms with Gasteiger partial charge in [-0.3, -0.25) is 9.88 Å². The first-order valence-electron chi connectivity index (χ1n) is 14.8. The lowest BCUT2D eigenvalue weighted by atomic mass is 10.0. The Bertz CT molecular complexity index is 1750. The van der Waals surface area contributed by atoms with E-state index in [0.29, 0.717) is 12.6 Å². The van der Waals surface area contributed by atoms with Crippen molar-refractivity contribution in [2.75, 3.05) is 25.0 Å². The average Bonchev–Trinajstić information content (AvgIpc) is 3.42. The molecule has 1 saturated heterocycles. The van der Waals surface area contributed by atoms with E-state index in [4.69, 9.17) is 15.0 Å². The predicted molar refractivity (Wildman–Crippen MR) is 165 cm³/mol. The number of imidazole rings is 1. The molecule has 2 aliphatic heterocycles. The minimum atomic E-state index is 0.194. The molecule has 0 atom stereocenters. The van der Waals surface area contributed by atoms with E-state index in [2.05, 4.69) is 84.3 Å². The number of piperidine rings is 1. The molecule has 1 N–H and O–H groups in total. The third-order valence-corrected chi connectivity index (χ3v) is 8.15. The normalized spacial score (nSPS) is 15.3. The molecule has 9 nitrogen and oxygen atoms in total. The number of ether oxygens (including phenoxy) is 1. The first-order chi connectivity index (χ1) is 21.2. The van der Waals surface area contributed by atoms with Gasteiger partial charge in [0.15, 0.2) is 0 Å². The Hall–Kier alpha value is -5.07. The molecule has 0 amide bonds. The van der Waals surface area contributed by atoms with Crippen LogP contribution in [0.4, 0.5) is 5.82 Å². The third kappa shape index (κ3) is 5.70. The minimum Gasteiger partial charge on any atom is -0.491 e. The number of likely N-dealkylation sites (tertiary alicyclic amines) is 1. The van der Waals surface area contributed by atoms with Crippen LogP contribution in [0.5, 0.6) is 5.75 Å². The van der Waals surface area contributed by atoms with Crippen LogP contribution in [0, 0.1) is 11.3 Å². The third-order valence-electron chi connectivity index (χ3n) is 8.15. The highest BCUT2D eigenvalue weighted by Crippen LogP contribution is 2.39. The Labute approximate surface area is 250 Å². The van der Waals surface area contributed by atoms with Crippen molar-refractivity contribution in [3.05, 3.63) is 96.7 Å². The maximum Gasteiger partial charge on any atom is 0.234 e. The van der Waals surface area contributed by atoms with Gasteiger partial charge >= 0.3 is 0 Å². The highest BCUT2D eigenvalue weighted by atomic mass is 16.5. The van der Waals surface area contributed by atoms with Crippen molar-refractivity contribution in [3.63, 3.8) is 0 Å². The van der Waals surface area contributed by atoms with Gasteiger partial charge in [0.2, 0.25) is 5.82 Å². The zero-order chi connectivity index (χ0) is 29.0. The fourth-order valence-corrected chi connectivity index (χ4v) is 6.01. The maximum absolute atomic E-state index is 9.06. The summed E-state index contributed by atoms with van der Waals surface area (Å²) in [5.41, 5.74) is 6.62. The summed E-state index contributed by atoms with van der Waals surface area (Å²) in [7, 11) is 0. The second kappa shape index (κ2) is 12.0. The van der Waals surface area contributed by atoms with Crippen molar-refractivity contribution >= 4 is 5.82 Å². The molecular weight excluding hydrogens is 536 g/mol. The zero-order valence-electron chi connectivity index (χ0n) is 23.9. The predicted octanol–water partition coefficient (Wildman–Crippen LogP) is 5.80. The van der Waals surface area contributed by atoms with Crippen LogP contribution in [0.3, 0.4) is 0 Å². The van der Waals surface area contributed by atoms with Crippen LogP contribution < -0.4 is 10.1 Å². The van der Waals surface area contributed by atoms with Gasteiger partial charge in [-0.2, -0.15) is 5.26 Å². The largest absolute Gasteiger partial charge is 0.491 e. The van der Waals surface area contributed by atoms with Crippen LogP contribution in [0.25, 0.3) is 33.9 Å². The Morgan fingerprint density at radius 2 is 1.74 bits per heavy atom. The molecule has 0 radical (unpaired) electrons. The van der Waals surface area contributed by atoms with Gasteiger partial charge in [0.05, 0.1) is 29.8 Å². The summed E-state index contributed by atoms with van der Waals surface area (Å²) in [5, 5.41) is 12.5. The number of hydrogen-bond acceptors (Lipinski definition) is 8. The number of pyridine rings is 1. The molecule has 5 heterocycles. The molecular formula is C34H32N8O. The fraction of sp³-hybridized carbons (Fsp3) is 0.265. The lowest BCUT2D eigenvalue weighted by Crippen LogP contribution is -2.38. The molecule has 5 aromatic rings. The Morgan fingerprint density at radius 1 is 0.907 bits per heavy atom. The molecule has 9 heteroatoms. The summed E-state index contributed by atoms with van der Waals surface area (Å²) < 4.78 is 8.39. The summed E-state index contributed by atoms with van der Waals surface area (Å²) >= 11 is 0. The number of benzene rings is 2. The van der Waals surface area contributed by atoms with Crippen molar-refractivity contribution < 1.29 is 4.74 Å². The summed E-state index contributed by atoms with van der Waals surface area (Å²) in [6, 6.07) is 25.6. The second-order valence-corrected chi connectivity index (χ2v) is 11.0. The van der Waals surface area contributed by atoms with E-state index >= 15 is 0 Å². The van der Waals surface area contributed by atoms with E-state index in [0.717, 1.165) is 90.9 Å². The Kier molecular flexibility index (Phi) is 7.50. The summed E-state index contributed by atoms with van der Waals surface area (Å²) in [6.45, 7) is 4.37. The number of hydrogen-bond donors (Lipinski definition) is 1. The summed E-state index contributed by atoms with van der Waals surface area (Å²) in [4.78, 5) is 20.3. The lowest BCUT2D eigenvalue weighted by Gasteiger charge is -2.32. The molecule has 1 fully saturated rings. The summed E-state index contributed by atoms with van der Waals surface area (Å²) in [6.07, 6.45) is 8.15. The molecule has 7 rings (SSSR count). The van der Waals surface area contributed by atoms with Crippen molar-refractivity contribution in [1.29, 1.82) is 5.26 Å². The van der Waals surface area contributed by atoms with Gasteiger partial charge in [-0.15, -0.1) is 0 Å². The van der Waals surface area contributed by atoms with E-state index in [1.807, 2.05) is 18.2 Å². The molecule has 0 bridgehead atoms. The van der Waals surface area contributed by atoms with Crippen molar-refractivity contribution in [1.82, 2.24) is 29.4 Å². The molecule has 3 aromatic heterocycles. The first-order valence-corrected chi connectivity index (χ1v) is 14.8. The van der Waals surface area contributed by atoms with E-state index in [-0.39, 0.29) is 5.82 Å². The van der Waals surface area contributed by atoms with E-state index in [1.165, 1.54) is 5.56 Å². The SMILES string of the molecule is N#Cc1nccc(NC2CCN(Cc3ccc(-c4nc5n(c4-c4ccccc4)CCCOc4cnccc4-5)cc3)CC2)n1. The van der Waals surface area contributed by atoms with Crippen LogP contribution in [0.15, 0.2) is 85.3 Å². The van der Waals surface area contributed by atoms with E-state index in [1.54, 1.807) is 18.6 Å². The molecule has 2 aromatic carbocycles. The smallest absolute Gasteiger partial charge is 0.234 e. The van der Waals surface area contributed by atoms with Gasteiger partial charge in [-0.05, 0) is 37.0 Å². The number of rotatable bonds is 6. The van der Waals surface area contributed by atoms with Crippen LogP contribution in [0.2, 0.25) is 0 Å². The highest BCUT2D eigenvalue weighted by molar-refractivity contribution is 5.83.